The van der Waals surface area contributed by atoms with E-state index in [-0.39, 0.29) is 0 Å². The summed E-state index contributed by atoms with van der Waals surface area (Å²) < 4.78 is 0. The highest BCUT2D eigenvalue weighted by Crippen LogP contribution is 2.20. The Bertz CT molecular complexity index is 454. The Kier molecular flexibility index (Phi) is 3.27. The molecule has 2 aromatic heterocycles. The molecule has 16 heavy (non-hydrogen) atoms. The van der Waals surface area contributed by atoms with Crippen LogP contribution in [0.1, 0.15) is 18.5 Å². The number of pyridine rings is 2. The SMILES string of the molecule is CNC(C)c1cncc(-c2ccncc2)c1. The van der Waals surface area contributed by atoms with Crippen molar-refractivity contribution >= 4 is 0 Å². The molecule has 0 aromatic carbocycles. The summed E-state index contributed by atoms with van der Waals surface area (Å²) in [5, 5.41) is 3.21. The largest absolute Gasteiger partial charge is 0.313 e. The van der Waals surface area contributed by atoms with Gasteiger partial charge in [0.05, 0.1) is 0 Å². The maximum atomic E-state index is 4.27. The number of nitrogens with one attached hydrogen (secondary N) is 1. The van der Waals surface area contributed by atoms with Gasteiger partial charge < -0.3 is 5.32 Å². The Labute approximate surface area is 95.6 Å². The van der Waals surface area contributed by atoms with Crippen molar-refractivity contribution in [3.8, 4) is 11.1 Å². The zero-order valence-electron chi connectivity index (χ0n) is 9.51. The first kappa shape index (κ1) is 10.8. The normalized spacial score (nSPS) is 12.4. The van der Waals surface area contributed by atoms with Crippen molar-refractivity contribution in [2.24, 2.45) is 0 Å². The van der Waals surface area contributed by atoms with Crippen molar-refractivity contribution in [1.29, 1.82) is 0 Å². The zero-order valence-corrected chi connectivity index (χ0v) is 9.51. The van der Waals surface area contributed by atoms with Crippen LogP contribution in [-0.4, -0.2) is 17.0 Å². The van der Waals surface area contributed by atoms with E-state index >= 15 is 0 Å². The summed E-state index contributed by atoms with van der Waals surface area (Å²) in [6.45, 7) is 2.12. The number of hydrogen-bond donors (Lipinski definition) is 1. The summed E-state index contributed by atoms with van der Waals surface area (Å²) in [4.78, 5) is 8.28. The molecule has 0 bridgehead atoms. The van der Waals surface area contributed by atoms with E-state index in [0.29, 0.717) is 6.04 Å². The molecule has 1 atom stereocenters. The van der Waals surface area contributed by atoms with Gasteiger partial charge in [-0.25, -0.2) is 0 Å². The van der Waals surface area contributed by atoms with E-state index in [1.807, 2.05) is 31.6 Å². The van der Waals surface area contributed by atoms with Crippen molar-refractivity contribution in [2.45, 2.75) is 13.0 Å². The van der Waals surface area contributed by atoms with E-state index < -0.39 is 0 Å². The van der Waals surface area contributed by atoms with Crippen LogP contribution in [0.4, 0.5) is 0 Å². The van der Waals surface area contributed by atoms with Crippen molar-refractivity contribution in [2.75, 3.05) is 7.05 Å². The second kappa shape index (κ2) is 4.86. The smallest absolute Gasteiger partial charge is 0.0346 e. The maximum Gasteiger partial charge on any atom is 0.0346 e. The second-order valence-corrected chi connectivity index (χ2v) is 3.75. The van der Waals surface area contributed by atoms with E-state index in [9.17, 15) is 0 Å². The molecule has 1 unspecified atom stereocenters. The molecule has 0 radical (unpaired) electrons. The Hall–Kier alpha value is -1.74. The molecule has 82 valence electrons. The van der Waals surface area contributed by atoms with Crippen molar-refractivity contribution in [3.63, 3.8) is 0 Å². The molecule has 0 amide bonds. The summed E-state index contributed by atoms with van der Waals surface area (Å²) in [5.41, 5.74) is 3.46. The van der Waals surface area contributed by atoms with Gasteiger partial charge >= 0.3 is 0 Å². The topological polar surface area (TPSA) is 37.8 Å². The quantitative estimate of drug-likeness (QED) is 0.850. The van der Waals surface area contributed by atoms with E-state index in [1.165, 1.54) is 5.56 Å². The fraction of sp³-hybridized carbons (Fsp3) is 0.231. The van der Waals surface area contributed by atoms with Crippen LogP contribution in [0.25, 0.3) is 11.1 Å². The number of rotatable bonds is 3. The van der Waals surface area contributed by atoms with Crippen LogP contribution in [0.5, 0.6) is 0 Å². The van der Waals surface area contributed by atoms with Crippen LogP contribution in [0, 0.1) is 0 Å². The lowest BCUT2D eigenvalue weighted by atomic mass is 10.0. The van der Waals surface area contributed by atoms with E-state index in [0.717, 1.165) is 11.1 Å². The molecule has 3 nitrogen and oxygen atoms in total. The molecule has 0 aliphatic heterocycles. The predicted octanol–water partition coefficient (Wildman–Crippen LogP) is 2.42. The summed E-state index contributed by atoms with van der Waals surface area (Å²) in [6.07, 6.45) is 7.36. The van der Waals surface area contributed by atoms with Crippen LogP contribution in [-0.2, 0) is 0 Å². The average molecular weight is 213 g/mol. The standard InChI is InChI=1S/C13H15N3/c1-10(14-2)12-7-13(9-16-8-12)11-3-5-15-6-4-11/h3-10,14H,1-2H3. The maximum absolute atomic E-state index is 4.27. The Morgan fingerprint density at radius 1 is 1.06 bits per heavy atom. The lowest BCUT2D eigenvalue weighted by Crippen LogP contribution is -2.12. The molecule has 0 spiro atoms. The average Bonchev–Trinajstić information content (AvgIpc) is 2.39. The van der Waals surface area contributed by atoms with Gasteiger partial charge in [0.2, 0.25) is 0 Å². The first-order valence-corrected chi connectivity index (χ1v) is 5.34. The third-order valence-electron chi connectivity index (χ3n) is 2.71. The fourth-order valence-electron chi connectivity index (χ4n) is 1.56. The van der Waals surface area contributed by atoms with Gasteiger partial charge in [0.1, 0.15) is 0 Å². The molecular formula is C13H15N3. The van der Waals surface area contributed by atoms with Gasteiger partial charge in [-0.1, -0.05) is 0 Å². The van der Waals surface area contributed by atoms with E-state index in [4.69, 9.17) is 0 Å². The Morgan fingerprint density at radius 2 is 1.81 bits per heavy atom. The molecule has 2 aromatic rings. The van der Waals surface area contributed by atoms with Gasteiger partial charge in [-0.05, 0) is 43.3 Å². The third kappa shape index (κ3) is 2.25. The zero-order chi connectivity index (χ0) is 11.4. The van der Waals surface area contributed by atoms with Gasteiger partial charge in [-0.15, -0.1) is 0 Å². The molecule has 2 rings (SSSR count). The Morgan fingerprint density at radius 3 is 2.50 bits per heavy atom. The van der Waals surface area contributed by atoms with E-state index in [2.05, 4.69) is 28.3 Å². The van der Waals surface area contributed by atoms with Crippen molar-refractivity contribution < 1.29 is 0 Å². The van der Waals surface area contributed by atoms with Gasteiger partial charge in [-0.2, -0.15) is 0 Å². The highest BCUT2D eigenvalue weighted by Gasteiger charge is 2.04. The highest BCUT2D eigenvalue weighted by molar-refractivity contribution is 5.62. The summed E-state index contributed by atoms with van der Waals surface area (Å²) in [7, 11) is 1.95. The molecule has 0 aliphatic rings. The van der Waals surface area contributed by atoms with Crippen LogP contribution in [0.15, 0.2) is 43.0 Å². The summed E-state index contributed by atoms with van der Waals surface area (Å²) in [5.74, 6) is 0. The number of hydrogen-bond acceptors (Lipinski definition) is 3. The van der Waals surface area contributed by atoms with Crippen LogP contribution in [0.3, 0.4) is 0 Å². The monoisotopic (exact) mass is 213 g/mol. The Balaban J connectivity index is 2.36. The predicted molar refractivity (Wildman–Crippen MR) is 64.9 cm³/mol. The van der Waals surface area contributed by atoms with Gasteiger partial charge in [0, 0.05) is 36.4 Å². The summed E-state index contributed by atoms with van der Waals surface area (Å²) in [6, 6.07) is 6.45. The van der Waals surface area contributed by atoms with E-state index in [1.54, 1.807) is 12.4 Å². The van der Waals surface area contributed by atoms with Gasteiger partial charge in [-0.3, -0.25) is 9.97 Å². The van der Waals surface area contributed by atoms with Crippen molar-refractivity contribution in [3.05, 3.63) is 48.5 Å². The minimum atomic E-state index is 0.314. The molecule has 3 heteroatoms. The molecular weight excluding hydrogens is 198 g/mol. The van der Waals surface area contributed by atoms with Gasteiger partial charge in [0.15, 0.2) is 0 Å². The second-order valence-electron chi connectivity index (χ2n) is 3.75. The molecule has 0 fully saturated rings. The molecule has 0 aliphatic carbocycles. The lowest BCUT2D eigenvalue weighted by Gasteiger charge is -2.11. The molecule has 0 saturated heterocycles. The third-order valence-corrected chi connectivity index (χ3v) is 2.71. The van der Waals surface area contributed by atoms with Crippen molar-refractivity contribution in [1.82, 2.24) is 15.3 Å². The molecule has 2 heterocycles. The number of aromatic nitrogens is 2. The first-order chi connectivity index (χ1) is 7.81. The minimum Gasteiger partial charge on any atom is -0.313 e. The molecule has 1 N–H and O–H groups in total. The minimum absolute atomic E-state index is 0.314. The van der Waals surface area contributed by atoms with Crippen LogP contribution < -0.4 is 5.32 Å². The van der Waals surface area contributed by atoms with Gasteiger partial charge in [0.25, 0.3) is 0 Å². The first-order valence-electron chi connectivity index (χ1n) is 5.34. The van der Waals surface area contributed by atoms with Crippen LogP contribution >= 0.6 is 0 Å². The highest BCUT2D eigenvalue weighted by atomic mass is 14.9. The summed E-state index contributed by atoms with van der Waals surface area (Å²) >= 11 is 0. The molecule has 0 saturated carbocycles. The lowest BCUT2D eigenvalue weighted by molar-refractivity contribution is 0.650. The van der Waals surface area contributed by atoms with Crippen LogP contribution in [0.2, 0.25) is 0 Å². The fourth-order valence-corrected chi connectivity index (χ4v) is 1.56. The number of nitrogens with zero attached hydrogens (tertiary/aromatic N) is 2.